The lowest BCUT2D eigenvalue weighted by atomic mass is 9.82. The Kier molecular flexibility index (Phi) is 5.31. The van der Waals surface area contributed by atoms with Crippen molar-refractivity contribution in [3.63, 3.8) is 0 Å². The van der Waals surface area contributed by atoms with E-state index in [4.69, 9.17) is 4.74 Å². The average Bonchev–Trinajstić information content (AvgIpc) is 2.98. The third kappa shape index (κ3) is 3.72. The topological polar surface area (TPSA) is 55.4 Å². The number of carbonyl (C=O) groups excluding carboxylic acids is 2. The van der Waals surface area contributed by atoms with Gasteiger partial charge in [-0.15, -0.1) is 0 Å². The number of alkyl carbamates (subject to hydrolysis) is 1. The van der Waals surface area contributed by atoms with Crippen LogP contribution in [0.2, 0.25) is 0 Å². The number of carbonyl (C=O) groups is 2. The quantitative estimate of drug-likeness (QED) is 0.742. The van der Waals surface area contributed by atoms with Gasteiger partial charge in [-0.2, -0.15) is 4.39 Å². The van der Waals surface area contributed by atoms with E-state index in [1.54, 1.807) is 13.8 Å². The number of benzene rings is 2. The monoisotopic (exact) mass is 369 g/mol. The third-order valence-electron chi connectivity index (χ3n) is 5.53. The number of nitrogens with one attached hydrogen (secondary N) is 1. The first kappa shape index (κ1) is 19.1. The zero-order chi connectivity index (χ0) is 19.6. The van der Waals surface area contributed by atoms with Gasteiger partial charge in [-0.05, 0) is 34.1 Å². The first-order valence-corrected chi connectivity index (χ1v) is 9.16. The van der Waals surface area contributed by atoms with Gasteiger partial charge in [-0.25, -0.2) is 4.79 Å². The number of fused-ring (bicyclic) bond motifs is 3. The Morgan fingerprint density at radius 2 is 1.59 bits per heavy atom. The van der Waals surface area contributed by atoms with Crippen molar-refractivity contribution in [3.05, 3.63) is 59.7 Å². The van der Waals surface area contributed by atoms with Crippen LogP contribution in [0.4, 0.5) is 9.18 Å². The molecule has 0 heterocycles. The normalized spacial score (nSPS) is 14.2. The first-order valence-electron chi connectivity index (χ1n) is 9.16. The van der Waals surface area contributed by atoms with Crippen LogP contribution < -0.4 is 5.32 Å². The fourth-order valence-corrected chi connectivity index (χ4v) is 3.52. The molecular weight excluding hydrogens is 345 g/mol. The van der Waals surface area contributed by atoms with E-state index in [1.807, 2.05) is 43.3 Å². The minimum absolute atomic E-state index is 0.0816. The largest absolute Gasteiger partial charge is 0.449 e. The van der Waals surface area contributed by atoms with Gasteiger partial charge in [0.1, 0.15) is 12.6 Å². The molecule has 1 amide bonds. The van der Waals surface area contributed by atoms with Crippen molar-refractivity contribution in [2.45, 2.75) is 39.2 Å². The van der Waals surface area contributed by atoms with Crippen molar-refractivity contribution in [1.29, 1.82) is 0 Å². The van der Waals surface area contributed by atoms with Gasteiger partial charge in [0.05, 0.1) is 0 Å². The zero-order valence-corrected chi connectivity index (χ0v) is 15.8. The van der Waals surface area contributed by atoms with Crippen LogP contribution in [0.15, 0.2) is 48.5 Å². The van der Waals surface area contributed by atoms with Gasteiger partial charge in [-0.1, -0.05) is 69.3 Å². The summed E-state index contributed by atoms with van der Waals surface area (Å²) in [6.45, 7) is 5.44. The molecule has 1 N–H and O–H groups in total. The Balaban J connectivity index is 1.73. The Morgan fingerprint density at radius 3 is 2.07 bits per heavy atom. The average molecular weight is 369 g/mol. The molecule has 2 aromatic rings. The van der Waals surface area contributed by atoms with Crippen molar-refractivity contribution < 1.29 is 18.7 Å². The summed E-state index contributed by atoms with van der Waals surface area (Å²) in [6.07, 6.45) is -0.244. The zero-order valence-electron chi connectivity index (χ0n) is 15.8. The van der Waals surface area contributed by atoms with Crippen LogP contribution in [0.25, 0.3) is 11.1 Å². The van der Waals surface area contributed by atoms with Crippen molar-refractivity contribution in [3.8, 4) is 11.1 Å². The van der Waals surface area contributed by atoms with Gasteiger partial charge in [0.25, 0.3) is 0 Å². The summed E-state index contributed by atoms with van der Waals surface area (Å²) in [7, 11) is 0. The molecule has 0 saturated carbocycles. The van der Waals surface area contributed by atoms with Gasteiger partial charge < -0.3 is 10.1 Å². The van der Waals surface area contributed by atoms with Crippen molar-refractivity contribution >= 4 is 12.1 Å². The van der Waals surface area contributed by atoms with E-state index >= 15 is 0 Å². The SMILES string of the molecule is CCC(C)(C)[C@H](NC(=O)OCC1c2ccccc2-c2ccccc21)C(=O)F. The van der Waals surface area contributed by atoms with Crippen molar-refractivity contribution in [1.82, 2.24) is 5.32 Å². The molecule has 4 nitrogen and oxygen atoms in total. The van der Waals surface area contributed by atoms with Crippen LogP contribution in [0, 0.1) is 5.41 Å². The Bertz CT molecular complexity index is 817. The van der Waals surface area contributed by atoms with E-state index < -0.39 is 23.6 Å². The number of hydrogen-bond acceptors (Lipinski definition) is 3. The molecular formula is C22H24FNO3. The third-order valence-corrected chi connectivity index (χ3v) is 5.53. The molecule has 0 aliphatic heterocycles. The maximum absolute atomic E-state index is 13.4. The summed E-state index contributed by atoms with van der Waals surface area (Å²) >= 11 is 0. The molecule has 1 atom stereocenters. The fraction of sp³-hybridized carbons (Fsp3) is 0.364. The molecule has 0 spiro atoms. The minimum atomic E-state index is -1.56. The van der Waals surface area contributed by atoms with Crippen LogP contribution in [-0.2, 0) is 9.53 Å². The molecule has 1 aliphatic carbocycles. The second-order valence-corrected chi connectivity index (χ2v) is 7.55. The molecule has 0 bridgehead atoms. The molecule has 0 fully saturated rings. The fourth-order valence-electron chi connectivity index (χ4n) is 3.52. The lowest BCUT2D eigenvalue weighted by molar-refractivity contribution is -0.134. The molecule has 0 radical (unpaired) electrons. The summed E-state index contributed by atoms with van der Waals surface area (Å²) in [5.74, 6) is -0.0816. The minimum Gasteiger partial charge on any atom is -0.449 e. The maximum Gasteiger partial charge on any atom is 0.407 e. The molecule has 2 aromatic carbocycles. The van der Waals surface area contributed by atoms with Gasteiger partial charge in [0, 0.05) is 5.92 Å². The lowest BCUT2D eigenvalue weighted by Crippen LogP contribution is -2.49. The number of amides is 1. The van der Waals surface area contributed by atoms with Gasteiger partial charge in [-0.3, -0.25) is 4.79 Å². The molecule has 0 aromatic heterocycles. The number of halogens is 1. The second kappa shape index (κ2) is 7.51. The van der Waals surface area contributed by atoms with Crippen LogP contribution in [0.5, 0.6) is 0 Å². The second-order valence-electron chi connectivity index (χ2n) is 7.55. The van der Waals surface area contributed by atoms with E-state index in [0.29, 0.717) is 6.42 Å². The Hall–Kier alpha value is -2.69. The highest BCUT2D eigenvalue weighted by atomic mass is 19.1. The van der Waals surface area contributed by atoms with E-state index in [0.717, 1.165) is 22.3 Å². The lowest BCUT2D eigenvalue weighted by Gasteiger charge is -2.30. The summed E-state index contributed by atoms with van der Waals surface area (Å²) < 4.78 is 18.8. The summed E-state index contributed by atoms with van der Waals surface area (Å²) in [5, 5.41) is 2.39. The Morgan fingerprint density at radius 1 is 1.07 bits per heavy atom. The van der Waals surface area contributed by atoms with E-state index in [2.05, 4.69) is 17.4 Å². The summed E-state index contributed by atoms with van der Waals surface area (Å²) in [6, 6.07) is 13.2. The van der Waals surface area contributed by atoms with Gasteiger partial charge in [0.2, 0.25) is 0 Å². The van der Waals surface area contributed by atoms with Crippen LogP contribution in [-0.4, -0.2) is 24.8 Å². The van der Waals surface area contributed by atoms with E-state index in [1.165, 1.54) is 0 Å². The van der Waals surface area contributed by atoms with Crippen LogP contribution in [0.3, 0.4) is 0 Å². The molecule has 0 saturated heterocycles. The Labute approximate surface area is 158 Å². The highest BCUT2D eigenvalue weighted by Gasteiger charge is 2.36. The van der Waals surface area contributed by atoms with Gasteiger partial charge in [0.15, 0.2) is 0 Å². The molecule has 1 aliphatic rings. The number of ether oxygens (including phenoxy) is 1. The summed E-state index contributed by atoms with van der Waals surface area (Å²) in [4.78, 5) is 23.6. The van der Waals surface area contributed by atoms with Crippen molar-refractivity contribution in [2.24, 2.45) is 5.41 Å². The predicted molar refractivity (Wildman–Crippen MR) is 102 cm³/mol. The summed E-state index contributed by atoms with van der Waals surface area (Å²) in [5.41, 5.74) is 3.76. The first-order chi connectivity index (χ1) is 12.8. The van der Waals surface area contributed by atoms with E-state index in [-0.39, 0.29) is 12.5 Å². The van der Waals surface area contributed by atoms with Crippen molar-refractivity contribution in [2.75, 3.05) is 6.61 Å². The smallest absolute Gasteiger partial charge is 0.407 e. The standard InChI is InChI=1S/C22H24FNO3/c1-4-22(2,3)19(20(23)25)24-21(26)27-13-18-16-11-7-5-9-14(16)15-10-6-8-12-17(15)18/h5-12,18-19H,4,13H2,1-3H3,(H,24,26)/t19-/m1/s1. The molecule has 5 heteroatoms. The molecule has 3 rings (SSSR count). The maximum atomic E-state index is 13.4. The van der Waals surface area contributed by atoms with E-state index in [9.17, 15) is 14.0 Å². The molecule has 27 heavy (non-hydrogen) atoms. The molecule has 0 unspecified atom stereocenters. The van der Waals surface area contributed by atoms with Gasteiger partial charge >= 0.3 is 12.1 Å². The van der Waals surface area contributed by atoms with Crippen LogP contribution in [0.1, 0.15) is 44.2 Å². The highest BCUT2D eigenvalue weighted by Crippen LogP contribution is 2.44. The highest BCUT2D eigenvalue weighted by molar-refractivity contribution is 5.82. The predicted octanol–water partition coefficient (Wildman–Crippen LogP) is 4.83. The molecule has 142 valence electrons. The number of rotatable bonds is 6. The number of hydrogen-bond donors (Lipinski definition) is 1. The van der Waals surface area contributed by atoms with Crippen LogP contribution >= 0.6 is 0 Å².